The minimum atomic E-state index is 0.539. The van der Waals surface area contributed by atoms with Crippen LogP contribution in [0.2, 0.25) is 0 Å². The Morgan fingerprint density at radius 1 is 0.893 bits per heavy atom. The van der Waals surface area contributed by atoms with Crippen molar-refractivity contribution in [3.8, 4) is 11.4 Å². The van der Waals surface area contributed by atoms with Crippen molar-refractivity contribution in [3.63, 3.8) is 0 Å². The molecule has 3 aromatic rings. The van der Waals surface area contributed by atoms with E-state index in [9.17, 15) is 0 Å². The van der Waals surface area contributed by atoms with Crippen LogP contribution >= 0.6 is 0 Å². The van der Waals surface area contributed by atoms with Crippen molar-refractivity contribution in [2.24, 2.45) is 5.16 Å². The van der Waals surface area contributed by atoms with E-state index in [-0.39, 0.29) is 0 Å². The van der Waals surface area contributed by atoms with Crippen LogP contribution in [0.1, 0.15) is 41.7 Å². The maximum atomic E-state index is 5.47. The van der Waals surface area contributed by atoms with Gasteiger partial charge in [-0.15, -0.1) is 0 Å². The van der Waals surface area contributed by atoms with Gasteiger partial charge in [0.1, 0.15) is 12.3 Å². The summed E-state index contributed by atoms with van der Waals surface area (Å²) in [6.45, 7) is 8.49. The van der Waals surface area contributed by atoms with Gasteiger partial charge in [-0.25, -0.2) is 0 Å². The molecule has 0 aliphatic heterocycles. The zero-order valence-corrected chi connectivity index (χ0v) is 16.9. The fourth-order valence-electron chi connectivity index (χ4n) is 2.99. The van der Waals surface area contributed by atoms with Crippen molar-refractivity contribution in [2.45, 2.75) is 40.5 Å². The predicted molar refractivity (Wildman–Crippen MR) is 112 cm³/mol. The monoisotopic (exact) mass is 374 g/mol. The second kappa shape index (κ2) is 9.22. The Morgan fingerprint density at radius 3 is 2.50 bits per heavy atom. The molecule has 5 nitrogen and oxygen atoms in total. The van der Waals surface area contributed by atoms with Crippen LogP contribution in [0.15, 0.2) is 53.7 Å². The lowest BCUT2D eigenvalue weighted by molar-refractivity contribution is 0.141. The number of nitrogens with zero attached hydrogens (tertiary/aromatic N) is 4. The Hall–Kier alpha value is -3.08. The molecule has 0 amide bonds. The Kier molecular flexibility index (Phi) is 6.48. The van der Waals surface area contributed by atoms with E-state index < -0.39 is 0 Å². The second-order valence-corrected chi connectivity index (χ2v) is 6.96. The number of aromatic nitrogens is 3. The molecule has 144 valence electrons. The summed E-state index contributed by atoms with van der Waals surface area (Å²) in [5.74, 6) is 0. The zero-order valence-electron chi connectivity index (χ0n) is 16.9. The molecule has 0 saturated carbocycles. The fourth-order valence-corrected chi connectivity index (χ4v) is 2.99. The number of pyridine rings is 3. The topological polar surface area (TPSA) is 60.3 Å². The van der Waals surface area contributed by atoms with Crippen LogP contribution in [-0.2, 0) is 11.3 Å². The van der Waals surface area contributed by atoms with Crippen molar-refractivity contribution in [1.29, 1.82) is 0 Å². The van der Waals surface area contributed by atoms with Crippen LogP contribution < -0.4 is 0 Å². The number of oxime groups is 1. The minimum Gasteiger partial charge on any atom is -0.396 e. The van der Waals surface area contributed by atoms with E-state index in [2.05, 4.69) is 34.2 Å². The van der Waals surface area contributed by atoms with Crippen LogP contribution in [0.4, 0.5) is 0 Å². The molecular formula is C23H26N4O. The highest BCUT2D eigenvalue weighted by molar-refractivity contribution is 5.96. The van der Waals surface area contributed by atoms with Gasteiger partial charge in [-0.1, -0.05) is 17.3 Å². The maximum absolute atomic E-state index is 5.47. The lowest BCUT2D eigenvalue weighted by Gasteiger charge is -2.06. The number of rotatable bonds is 7. The summed E-state index contributed by atoms with van der Waals surface area (Å²) in [5.41, 5.74) is 7.65. The molecule has 3 heterocycles. The van der Waals surface area contributed by atoms with Gasteiger partial charge in [-0.3, -0.25) is 15.0 Å². The van der Waals surface area contributed by atoms with E-state index in [0.29, 0.717) is 6.61 Å². The van der Waals surface area contributed by atoms with E-state index in [0.717, 1.165) is 52.7 Å². The lowest BCUT2D eigenvalue weighted by Crippen LogP contribution is -2.02. The average molecular weight is 374 g/mol. The molecule has 0 N–H and O–H groups in total. The molecule has 0 saturated heterocycles. The summed E-state index contributed by atoms with van der Waals surface area (Å²) < 4.78 is 0. The van der Waals surface area contributed by atoms with E-state index in [4.69, 9.17) is 9.82 Å². The highest BCUT2D eigenvalue weighted by Crippen LogP contribution is 2.17. The molecule has 0 aromatic carbocycles. The van der Waals surface area contributed by atoms with Crippen LogP contribution in [0.25, 0.3) is 11.4 Å². The van der Waals surface area contributed by atoms with E-state index >= 15 is 0 Å². The molecule has 3 aromatic heterocycles. The first-order valence-electron chi connectivity index (χ1n) is 9.53. The van der Waals surface area contributed by atoms with Gasteiger partial charge in [-0.05, 0) is 82.5 Å². The summed E-state index contributed by atoms with van der Waals surface area (Å²) in [4.78, 5) is 19.3. The Balaban J connectivity index is 1.55. The van der Waals surface area contributed by atoms with Crippen LogP contribution in [0.3, 0.4) is 0 Å². The molecule has 0 fully saturated rings. The molecule has 28 heavy (non-hydrogen) atoms. The van der Waals surface area contributed by atoms with Gasteiger partial charge in [0.25, 0.3) is 0 Å². The van der Waals surface area contributed by atoms with Crippen molar-refractivity contribution in [1.82, 2.24) is 15.0 Å². The summed E-state index contributed by atoms with van der Waals surface area (Å²) in [7, 11) is 0. The standard InChI is InChI=1S/C23H26N4O/c1-16-14-18(3)25-23(15-16)22-12-6-9-20(26-22)10-7-13-28-27-19(4)21-11-5-8-17(2)24-21/h5-6,8-9,11-12,14-15H,7,10,13H2,1-4H3/b27-19+. The van der Waals surface area contributed by atoms with Gasteiger partial charge >= 0.3 is 0 Å². The van der Waals surface area contributed by atoms with Gasteiger partial charge in [0.05, 0.1) is 17.1 Å². The maximum Gasteiger partial charge on any atom is 0.117 e. The van der Waals surface area contributed by atoms with Crippen LogP contribution in [-0.4, -0.2) is 27.3 Å². The molecule has 5 heteroatoms. The third kappa shape index (κ3) is 5.46. The van der Waals surface area contributed by atoms with Gasteiger partial charge in [0.15, 0.2) is 0 Å². The quantitative estimate of drug-likeness (QED) is 0.337. The fraction of sp³-hybridized carbons (Fsp3) is 0.304. The molecule has 3 rings (SSSR count). The first kappa shape index (κ1) is 19.7. The number of hydrogen-bond acceptors (Lipinski definition) is 5. The molecule has 0 atom stereocenters. The van der Waals surface area contributed by atoms with E-state index in [1.54, 1.807) is 0 Å². The number of hydrogen-bond donors (Lipinski definition) is 0. The summed E-state index contributed by atoms with van der Waals surface area (Å²) in [6, 6.07) is 16.1. The highest BCUT2D eigenvalue weighted by atomic mass is 16.6. The van der Waals surface area contributed by atoms with E-state index in [1.807, 2.05) is 57.2 Å². The van der Waals surface area contributed by atoms with Crippen molar-refractivity contribution >= 4 is 5.71 Å². The lowest BCUT2D eigenvalue weighted by atomic mass is 10.1. The smallest absolute Gasteiger partial charge is 0.117 e. The van der Waals surface area contributed by atoms with Gasteiger partial charge < -0.3 is 4.84 Å². The predicted octanol–water partition coefficient (Wildman–Crippen LogP) is 4.84. The van der Waals surface area contributed by atoms with Gasteiger partial charge in [-0.2, -0.15) is 0 Å². The normalized spacial score (nSPS) is 11.5. The van der Waals surface area contributed by atoms with Crippen molar-refractivity contribution in [3.05, 3.63) is 76.9 Å². The first-order chi connectivity index (χ1) is 13.5. The Morgan fingerprint density at radius 2 is 1.71 bits per heavy atom. The molecule has 0 radical (unpaired) electrons. The molecular weight excluding hydrogens is 348 g/mol. The molecule has 0 aliphatic rings. The van der Waals surface area contributed by atoms with Gasteiger partial charge in [0, 0.05) is 17.1 Å². The van der Waals surface area contributed by atoms with Crippen molar-refractivity contribution in [2.75, 3.05) is 6.61 Å². The van der Waals surface area contributed by atoms with Crippen LogP contribution in [0.5, 0.6) is 0 Å². The largest absolute Gasteiger partial charge is 0.396 e. The second-order valence-electron chi connectivity index (χ2n) is 6.96. The third-order valence-corrected chi connectivity index (χ3v) is 4.30. The van der Waals surface area contributed by atoms with Crippen molar-refractivity contribution < 1.29 is 4.84 Å². The Bertz CT molecular complexity index is 962. The first-order valence-corrected chi connectivity index (χ1v) is 9.53. The summed E-state index contributed by atoms with van der Waals surface area (Å²) in [6.07, 6.45) is 1.67. The minimum absolute atomic E-state index is 0.539. The van der Waals surface area contributed by atoms with Crippen LogP contribution in [0, 0.1) is 20.8 Å². The summed E-state index contributed by atoms with van der Waals surface area (Å²) >= 11 is 0. The molecule has 0 unspecified atom stereocenters. The van der Waals surface area contributed by atoms with Gasteiger partial charge in [0.2, 0.25) is 0 Å². The molecule has 0 aliphatic carbocycles. The van der Waals surface area contributed by atoms with E-state index in [1.165, 1.54) is 5.56 Å². The highest BCUT2D eigenvalue weighted by Gasteiger charge is 2.05. The third-order valence-electron chi connectivity index (χ3n) is 4.30. The SMILES string of the molecule is C/C(=N\OCCCc1cccc(-c2cc(C)cc(C)n2)n1)c1cccc(C)n1. The summed E-state index contributed by atoms with van der Waals surface area (Å²) in [5, 5.41) is 4.17. The molecule has 0 spiro atoms. The molecule has 0 bridgehead atoms. The Labute approximate surface area is 166 Å². The zero-order chi connectivity index (χ0) is 19.9. The number of aryl methyl sites for hydroxylation is 4. The average Bonchev–Trinajstić information content (AvgIpc) is 2.67.